The van der Waals surface area contributed by atoms with Crippen LogP contribution in [0.15, 0.2) is 45.6 Å². The normalized spacial score (nSPS) is 33.5. The van der Waals surface area contributed by atoms with Crippen molar-refractivity contribution in [1.29, 1.82) is 0 Å². The lowest BCUT2D eigenvalue weighted by molar-refractivity contribution is -0.278. The van der Waals surface area contributed by atoms with Gasteiger partial charge in [-0.15, -0.1) is 0 Å². The minimum absolute atomic E-state index is 0.0669. The van der Waals surface area contributed by atoms with Gasteiger partial charge in [-0.1, -0.05) is 0 Å². The van der Waals surface area contributed by atoms with Crippen LogP contribution in [0.5, 0.6) is 17.2 Å². The zero-order chi connectivity index (χ0) is 30.5. The van der Waals surface area contributed by atoms with E-state index in [1.54, 1.807) is 0 Å². The summed E-state index contributed by atoms with van der Waals surface area (Å²) in [6, 6.07) is 7.48. The molecule has 0 bridgehead atoms. The highest BCUT2D eigenvalue weighted by Gasteiger charge is 2.48. The van der Waals surface area contributed by atoms with Crippen molar-refractivity contribution in [1.82, 2.24) is 0 Å². The lowest BCUT2D eigenvalue weighted by Gasteiger charge is -2.42. The summed E-state index contributed by atoms with van der Waals surface area (Å²) in [4.78, 5) is 13.2. The zero-order valence-corrected chi connectivity index (χ0v) is 21.7. The smallest absolute Gasteiger partial charge is 0.229 e. The minimum Gasteiger partial charge on any atom is -0.508 e. The maximum absolute atomic E-state index is 13.2. The summed E-state index contributed by atoms with van der Waals surface area (Å²) in [5, 5.41) is 102. The molecule has 0 spiro atoms. The first kappa shape index (κ1) is 30.1. The second-order valence-corrected chi connectivity index (χ2v) is 10.1. The Balaban J connectivity index is 1.73. The third-order valence-electron chi connectivity index (χ3n) is 7.40. The molecule has 2 aromatic carbocycles. The molecule has 228 valence electrons. The van der Waals surface area contributed by atoms with Gasteiger partial charge in [0.25, 0.3) is 0 Å². The Bertz CT molecular complexity index is 1470. The van der Waals surface area contributed by atoms with Gasteiger partial charge in [0.1, 0.15) is 83.3 Å². The third-order valence-corrected chi connectivity index (χ3v) is 7.40. The van der Waals surface area contributed by atoms with E-state index in [1.807, 2.05) is 0 Å². The molecule has 15 nitrogen and oxygen atoms in total. The number of aliphatic hydroxyl groups excluding tert-OH is 8. The minimum atomic E-state index is -1.92. The van der Waals surface area contributed by atoms with E-state index in [1.165, 1.54) is 24.3 Å². The number of phenolic OH excluding ortho intramolecular Hbond substituents is 2. The number of fused-ring (bicyclic) bond motifs is 1. The number of benzene rings is 2. The van der Waals surface area contributed by atoms with Crippen molar-refractivity contribution in [3.63, 3.8) is 0 Å². The molecule has 1 aromatic heterocycles. The average Bonchev–Trinajstić information content (AvgIpc) is 2.97. The first-order chi connectivity index (χ1) is 20.0. The Morgan fingerprint density at radius 3 is 1.95 bits per heavy atom. The maximum atomic E-state index is 13.2. The molecular formula is C27H30O15. The summed E-state index contributed by atoms with van der Waals surface area (Å²) in [5.74, 6) is -1.29. The van der Waals surface area contributed by atoms with E-state index in [-0.39, 0.29) is 17.1 Å². The van der Waals surface area contributed by atoms with Gasteiger partial charge >= 0.3 is 0 Å². The second kappa shape index (κ2) is 11.7. The van der Waals surface area contributed by atoms with Crippen LogP contribution < -0.4 is 10.2 Å². The van der Waals surface area contributed by atoms with Gasteiger partial charge in [0.05, 0.1) is 18.8 Å². The van der Waals surface area contributed by atoms with Crippen LogP contribution in [0, 0.1) is 0 Å². The van der Waals surface area contributed by atoms with E-state index >= 15 is 0 Å². The molecule has 42 heavy (non-hydrogen) atoms. The first-order valence-corrected chi connectivity index (χ1v) is 12.9. The van der Waals surface area contributed by atoms with Gasteiger partial charge in [-0.2, -0.15) is 0 Å². The number of ether oxygens (including phenoxy) is 3. The molecule has 5 rings (SSSR count). The Kier molecular flexibility index (Phi) is 8.41. The van der Waals surface area contributed by atoms with Gasteiger partial charge in [-0.05, 0) is 24.3 Å². The Hall–Kier alpha value is -3.35. The molecule has 2 aliphatic rings. The molecule has 10 atom stereocenters. The van der Waals surface area contributed by atoms with Crippen LogP contribution in [0.25, 0.3) is 22.3 Å². The molecule has 0 aliphatic carbocycles. The van der Waals surface area contributed by atoms with Gasteiger partial charge < -0.3 is 69.7 Å². The molecule has 10 N–H and O–H groups in total. The fraction of sp³-hybridized carbons (Fsp3) is 0.444. The largest absolute Gasteiger partial charge is 0.508 e. The zero-order valence-electron chi connectivity index (χ0n) is 21.7. The van der Waals surface area contributed by atoms with Gasteiger partial charge in [-0.3, -0.25) is 4.79 Å². The van der Waals surface area contributed by atoms with Crippen LogP contribution in [0.2, 0.25) is 0 Å². The summed E-state index contributed by atoms with van der Waals surface area (Å²) in [6.45, 7) is -1.58. The van der Waals surface area contributed by atoms with Crippen molar-refractivity contribution in [3.05, 3.63) is 52.2 Å². The summed E-state index contributed by atoms with van der Waals surface area (Å²) >= 11 is 0. The molecule has 2 aliphatic heterocycles. The highest BCUT2D eigenvalue weighted by atomic mass is 16.7. The molecule has 0 radical (unpaired) electrons. The number of rotatable bonds is 6. The predicted octanol–water partition coefficient (Wildman–Crippen LogP) is -2.44. The van der Waals surface area contributed by atoms with Gasteiger partial charge in [0.2, 0.25) is 6.29 Å². The van der Waals surface area contributed by atoms with Crippen molar-refractivity contribution in [2.24, 2.45) is 0 Å². The predicted molar refractivity (Wildman–Crippen MR) is 138 cm³/mol. The number of aliphatic hydroxyl groups is 8. The Labute approximate surface area is 236 Å². The highest BCUT2D eigenvalue weighted by molar-refractivity contribution is 5.89. The number of hydrogen-bond donors (Lipinski definition) is 10. The molecule has 2 fully saturated rings. The topological polar surface area (TPSA) is 260 Å². The monoisotopic (exact) mass is 594 g/mol. The standard InChI is InChI=1S/C27H30O15/c28-7-15-19(33)21(35)23(37)26(40-15)18-14(41-27-24(38)22(36)20(34)16(8-29)42-27)6-12(32)17-11(31)5-13(39-25(17)18)9-1-3-10(30)4-2-9/h1-6,15-16,19-24,26-30,32-38H,7-8H2/t15-,16-,19-,20-,21+,22+,23-,24-,26+,27-/m0/s1. The molecular weight excluding hydrogens is 564 g/mol. The lowest BCUT2D eigenvalue weighted by Crippen LogP contribution is -2.60. The van der Waals surface area contributed by atoms with Crippen molar-refractivity contribution in [2.45, 2.75) is 61.2 Å². The van der Waals surface area contributed by atoms with E-state index in [0.29, 0.717) is 5.56 Å². The second-order valence-electron chi connectivity index (χ2n) is 10.1. The van der Waals surface area contributed by atoms with Crippen LogP contribution in [-0.4, -0.2) is 119 Å². The summed E-state index contributed by atoms with van der Waals surface area (Å²) in [7, 11) is 0. The Morgan fingerprint density at radius 1 is 0.738 bits per heavy atom. The van der Waals surface area contributed by atoms with Gasteiger partial charge in [-0.25, -0.2) is 0 Å². The van der Waals surface area contributed by atoms with Crippen LogP contribution in [0.1, 0.15) is 11.7 Å². The van der Waals surface area contributed by atoms with E-state index in [0.717, 1.165) is 12.1 Å². The number of phenols is 2. The summed E-state index contributed by atoms with van der Waals surface area (Å²) < 4.78 is 22.9. The molecule has 0 unspecified atom stereocenters. The van der Waals surface area contributed by atoms with Crippen molar-refractivity contribution in [3.8, 4) is 28.6 Å². The van der Waals surface area contributed by atoms with Crippen LogP contribution in [0.4, 0.5) is 0 Å². The van der Waals surface area contributed by atoms with Crippen LogP contribution in [-0.2, 0) is 9.47 Å². The highest BCUT2D eigenvalue weighted by Crippen LogP contribution is 2.45. The van der Waals surface area contributed by atoms with E-state index < -0.39 is 102 Å². The van der Waals surface area contributed by atoms with E-state index in [4.69, 9.17) is 18.6 Å². The molecule has 2 saturated heterocycles. The fourth-order valence-electron chi connectivity index (χ4n) is 5.08. The summed E-state index contributed by atoms with van der Waals surface area (Å²) in [5.41, 5.74) is -1.20. The fourth-order valence-corrected chi connectivity index (χ4v) is 5.08. The SMILES string of the molecule is O=c1cc(-c2ccc(O)cc2)oc2c([C@H]3O[C@@H](CO)[C@H](O)[C@@H](O)[C@@H]3O)c(O[C@H]3O[C@@H](CO)[C@H](O)[C@@H](O)[C@@H]3O)cc(O)c12. The van der Waals surface area contributed by atoms with E-state index in [9.17, 15) is 55.9 Å². The van der Waals surface area contributed by atoms with Crippen LogP contribution >= 0.6 is 0 Å². The van der Waals surface area contributed by atoms with Gasteiger partial charge in [0, 0.05) is 17.7 Å². The van der Waals surface area contributed by atoms with Crippen molar-refractivity contribution >= 4 is 11.0 Å². The lowest BCUT2D eigenvalue weighted by atomic mass is 9.89. The van der Waals surface area contributed by atoms with E-state index in [2.05, 4.69) is 0 Å². The van der Waals surface area contributed by atoms with Gasteiger partial charge in [0.15, 0.2) is 11.0 Å². The van der Waals surface area contributed by atoms with Crippen LogP contribution in [0.3, 0.4) is 0 Å². The van der Waals surface area contributed by atoms with Crippen molar-refractivity contribution in [2.75, 3.05) is 13.2 Å². The quantitative estimate of drug-likeness (QED) is 0.142. The summed E-state index contributed by atoms with van der Waals surface area (Å²) in [6.07, 6.45) is -17.3. The Morgan fingerprint density at radius 2 is 1.33 bits per heavy atom. The first-order valence-electron chi connectivity index (χ1n) is 12.9. The number of aromatic hydroxyl groups is 2. The molecule has 0 amide bonds. The third kappa shape index (κ3) is 5.20. The average molecular weight is 595 g/mol. The maximum Gasteiger partial charge on any atom is 0.229 e. The molecule has 3 heterocycles. The molecule has 3 aromatic rings. The van der Waals surface area contributed by atoms with Crippen molar-refractivity contribution < 1.29 is 69.7 Å². The number of hydrogen-bond acceptors (Lipinski definition) is 15. The molecule has 0 saturated carbocycles. The molecule has 15 heteroatoms.